The van der Waals surface area contributed by atoms with Crippen molar-refractivity contribution in [1.82, 2.24) is 9.97 Å². The predicted molar refractivity (Wildman–Crippen MR) is 79.1 cm³/mol. The third-order valence-corrected chi connectivity index (χ3v) is 3.13. The van der Waals surface area contributed by atoms with E-state index < -0.39 is 11.6 Å². The highest BCUT2D eigenvalue weighted by Gasteiger charge is 2.16. The Morgan fingerprint density at radius 1 is 0.952 bits per heavy atom. The van der Waals surface area contributed by atoms with Gasteiger partial charge in [0, 0.05) is 11.9 Å². The molecule has 106 valence electrons. The normalized spacial score (nSPS) is 10.8. The summed E-state index contributed by atoms with van der Waals surface area (Å²) in [6.45, 7) is 2.58. The highest BCUT2D eigenvalue weighted by Crippen LogP contribution is 2.28. The van der Waals surface area contributed by atoms with E-state index in [1.807, 2.05) is 25.1 Å². The van der Waals surface area contributed by atoms with Gasteiger partial charge in [-0.05, 0) is 31.2 Å². The fraction of sp³-hybridized carbons (Fsp3) is 0.125. The number of hydrogen-bond donors (Lipinski definition) is 1. The van der Waals surface area contributed by atoms with Crippen LogP contribution in [0.3, 0.4) is 0 Å². The Morgan fingerprint density at radius 2 is 1.67 bits per heavy atom. The lowest BCUT2D eigenvalue weighted by molar-refractivity contribution is 0.587. The molecule has 0 aliphatic heterocycles. The molecular weight excluding hydrogens is 272 g/mol. The Bertz CT molecular complexity index is 782. The van der Waals surface area contributed by atoms with Crippen molar-refractivity contribution in [2.75, 3.05) is 11.9 Å². The molecule has 0 fully saturated rings. The summed E-state index contributed by atoms with van der Waals surface area (Å²) in [5, 5.41) is 3.92. The smallest absolute Gasteiger partial charge is 0.168 e. The first-order chi connectivity index (χ1) is 10.2. The van der Waals surface area contributed by atoms with Crippen LogP contribution in [0.15, 0.2) is 42.5 Å². The molecule has 0 aliphatic carbocycles. The van der Waals surface area contributed by atoms with Gasteiger partial charge in [0.1, 0.15) is 17.5 Å². The molecule has 21 heavy (non-hydrogen) atoms. The van der Waals surface area contributed by atoms with Crippen LogP contribution in [0.2, 0.25) is 0 Å². The van der Waals surface area contributed by atoms with Crippen LogP contribution in [0, 0.1) is 11.6 Å². The molecule has 0 saturated heterocycles. The van der Waals surface area contributed by atoms with Gasteiger partial charge in [-0.1, -0.05) is 18.2 Å². The maximum atomic E-state index is 13.9. The summed E-state index contributed by atoms with van der Waals surface area (Å²) in [4.78, 5) is 8.56. The second kappa shape index (κ2) is 5.44. The van der Waals surface area contributed by atoms with Gasteiger partial charge < -0.3 is 5.32 Å². The molecule has 0 unspecified atom stereocenters. The minimum Gasteiger partial charge on any atom is -0.370 e. The van der Waals surface area contributed by atoms with E-state index >= 15 is 0 Å². The lowest BCUT2D eigenvalue weighted by Gasteiger charge is -2.10. The van der Waals surface area contributed by atoms with Gasteiger partial charge in [-0.3, -0.25) is 0 Å². The molecule has 1 aromatic heterocycles. The molecule has 3 nitrogen and oxygen atoms in total. The average molecular weight is 285 g/mol. The van der Waals surface area contributed by atoms with Crippen molar-refractivity contribution in [3.63, 3.8) is 0 Å². The number of nitrogens with zero attached hydrogens (tertiary/aromatic N) is 2. The van der Waals surface area contributed by atoms with Crippen LogP contribution < -0.4 is 5.32 Å². The Labute approximate surface area is 120 Å². The number of benzene rings is 2. The average Bonchev–Trinajstić information content (AvgIpc) is 2.47. The van der Waals surface area contributed by atoms with Crippen molar-refractivity contribution in [3.8, 4) is 11.4 Å². The van der Waals surface area contributed by atoms with Crippen molar-refractivity contribution in [1.29, 1.82) is 0 Å². The summed E-state index contributed by atoms with van der Waals surface area (Å²) < 4.78 is 27.8. The van der Waals surface area contributed by atoms with Crippen molar-refractivity contribution in [2.45, 2.75) is 6.92 Å². The molecule has 0 amide bonds. The zero-order chi connectivity index (χ0) is 14.8. The minimum absolute atomic E-state index is 0.0419. The van der Waals surface area contributed by atoms with E-state index in [0.717, 1.165) is 5.39 Å². The molecule has 2 aromatic carbocycles. The van der Waals surface area contributed by atoms with E-state index in [2.05, 4.69) is 15.3 Å². The predicted octanol–water partition coefficient (Wildman–Crippen LogP) is 4.01. The Hall–Kier alpha value is -2.56. The van der Waals surface area contributed by atoms with Crippen LogP contribution >= 0.6 is 0 Å². The highest BCUT2D eigenvalue weighted by atomic mass is 19.1. The zero-order valence-electron chi connectivity index (χ0n) is 11.4. The SMILES string of the molecule is CCNc1nc(-c2c(F)cccc2F)nc2ccccc12. The van der Waals surface area contributed by atoms with Crippen LogP contribution in [0.4, 0.5) is 14.6 Å². The van der Waals surface area contributed by atoms with Crippen molar-refractivity contribution in [3.05, 3.63) is 54.1 Å². The van der Waals surface area contributed by atoms with Gasteiger partial charge >= 0.3 is 0 Å². The summed E-state index contributed by atoms with van der Waals surface area (Å²) in [6, 6.07) is 11.1. The van der Waals surface area contributed by atoms with Gasteiger partial charge in [0.05, 0.1) is 11.1 Å². The van der Waals surface area contributed by atoms with E-state index in [1.165, 1.54) is 18.2 Å². The first-order valence-electron chi connectivity index (χ1n) is 6.65. The first kappa shape index (κ1) is 13.4. The summed E-state index contributed by atoms with van der Waals surface area (Å²) in [6.07, 6.45) is 0. The highest BCUT2D eigenvalue weighted by molar-refractivity contribution is 5.90. The number of aromatic nitrogens is 2. The third-order valence-electron chi connectivity index (χ3n) is 3.13. The van der Waals surface area contributed by atoms with Crippen LogP contribution in [-0.2, 0) is 0 Å². The number of anilines is 1. The zero-order valence-corrected chi connectivity index (χ0v) is 11.4. The van der Waals surface area contributed by atoms with Gasteiger partial charge in [-0.2, -0.15) is 0 Å². The lowest BCUT2D eigenvalue weighted by atomic mass is 10.1. The molecule has 0 spiro atoms. The first-order valence-corrected chi connectivity index (χ1v) is 6.65. The monoisotopic (exact) mass is 285 g/mol. The molecule has 5 heteroatoms. The summed E-state index contributed by atoms with van der Waals surface area (Å²) in [5.74, 6) is -0.735. The maximum absolute atomic E-state index is 13.9. The lowest BCUT2D eigenvalue weighted by Crippen LogP contribution is -2.04. The van der Waals surface area contributed by atoms with Crippen molar-refractivity contribution >= 4 is 16.7 Å². The quantitative estimate of drug-likeness (QED) is 0.790. The molecule has 0 radical (unpaired) electrons. The number of fused-ring (bicyclic) bond motifs is 1. The van der Waals surface area contributed by atoms with Crippen LogP contribution in [0.5, 0.6) is 0 Å². The molecular formula is C16H13F2N3. The molecule has 0 aliphatic rings. The number of rotatable bonds is 3. The molecule has 3 rings (SSSR count). The van der Waals surface area contributed by atoms with Crippen molar-refractivity contribution in [2.24, 2.45) is 0 Å². The summed E-state index contributed by atoms with van der Waals surface area (Å²) in [7, 11) is 0. The minimum atomic E-state index is -0.673. The molecule has 3 aromatic rings. The third kappa shape index (κ3) is 2.42. The Kier molecular flexibility index (Phi) is 3.48. The maximum Gasteiger partial charge on any atom is 0.168 e. The molecule has 0 bridgehead atoms. The molecule has 0 saturated carbocycles. The van der Waals surface area contributed by atoms with Gasteiger partial charge in [0.15, 0.2) is 5.82 Å². The number of nitrogens with one attached hydrogen (secondary N) is 1. The van der Waals surface area contributed by atoms with E-state index in [9.17, 15) is 8.78 Å². The molecule has 0 atom stereocenters. The fourth-order valence-electron chi connectivity index (χ4n) is 2.20. The second-order valence-corrected chi connectivity index (χ2v) is 4.54. The largest absolute Gasteiger partial charge is 0.370 e. The standard InChI is InChI=1S/C16H13F2N3/c1-2-19-15-10-6-3-4-9-13(10)20-16(21-15)14-11(17)7-5-8-12(14)18/h3-9H,2H2,1H3,(H,19,20,21). The topological polar surface area (TPSA) is 37.8 Å². The van der Waals surface area contributed by atoms with Gasteiger partial charge in [0.2, 0.25) is 0 Å². The van der Waals surface area contributed by atoms with E-state index in [0.29, 0.717) is 17.9 Å². The summed E-state index contributed by atoms with van der Waals surface area (Å²) >= 11 is 0. The van der Waals surface area contributed by atoms with E-state index in [1.54, 1.807) is 6.07 Å². The number of para-hydroxylation sites is 1. The molecule has 1 heterocycles. The van der Waals surface area contributed by atoms with Crippen LogP contribution in [0.1, 0.15) is 6.92 Å². The second-order valence-electron chi connectivity index (χ2n) is 4.54. The van der Waals surface area contributed by atoms with Crippen molar-refractivity contribution < 1.29 is 8.78 Å². The molecule has 1 N–H and O–H groups in total. The van der Waals surface area contributed by atoms with E-state index in [4.69, 9.17) is 0 Å². The number of halogens is 2. The summed E-state index contributed by atoms with van der Waals surface area (Å²) in [5.41, 5.74) is 0.434. The Morgan fingerprint density at radius 3 is 2.38 bits per heavy atom. The van der Waals surface area contributed by atoms with Crippen LogP contribution in [0.25, 0.3) is 22.3 Å². The van der Waals surface area contributed by atoms with E-state index in [-0.39, 0.29) is 11.4 Å². The van der Waals surface area contributed by atoms with Gasteiger partial charge in [-0.15, -0.1) is 0 Å². The fourth-order valence-corrected chi connectivity index (χ4v) is 2.20. The van der Waals surface area contributed by atoms with Gasteiger partial charge in [-0.25, -0.2) is 18.7 Å². The number of hydrogen-bond acceptors (Lipinski definition) is 3. The Balaban J connectivity index is 2.29. The van der Waals surface area contributed by atoms with Crippen LogP contribution in [-0.4, -0.2) is 16.5 Å². The van der Waals surface area contributed by atoms with Gasteiger partial charge in [0.25, 0.3) is 0 Å².